The minimum Gasteiger partial charge on any atom is -0.454 e. The van der Waals surface area contributed by atoms with E-state index in [1.807, 2.05) is 70.4 Å². The Kier molecular flexibility index (Phi) is 6.41. The monoisotopic (exact) mass is 345 g/mol. The van der Waals surface area contributed by atoms with Crippen molar-refractivity contribution in [1.82, 2.24) is 4.90 Å². The Balaban J connectivity index is 2.22. The smallest absolute Gasteiger partial charge is 0.339 e. The van der Waals surface area contributed by atoms with Gasteiger partial charge in [0.25, 0.3) is 0 Å². The lowest BCUT2D eigenvalue weighted by Crippen LogP contribution is -2.20. The third-order valence-corrected chi connectivity index (χ3v) is 4.41. The maximum Gasteiger partial charge on any atom is 0.339 e. The summed E-state index contributed by atoms with van der Waals surface area (Å²) in [6.07, 6.45) is 0.433. The highest BCUT2D eigenvalue weighted by Gasteiger charge is 2.20. The van der Waals surface area contributed by atoms with Gasteiger partial charge in [0.2, 0.25) is 0 Å². The molecule has 2 rings (SSSR count). The Bertz CT molecular complexity index is 695. The molecule has 0 bridgehead atoms. The van der Waals surface area contributed by atoms with Crippen molar-refractivity contribution in [2.75, 3.05) is 20.6 Å². The number of carbonyl (C=O) groups excluding carboxylic acids is 1. The van der Waals surface area contributed by atoms with E-state index in [-0.39, 0.29) is 12.1 Å². The van der Waals surface area contributed by atoms with Crippen LogP contribution in [-0.2, 0) is 4.74 Å². The highest BCUT2D eigenvalue weighted by atomic mass is 35.5. The van der Waals surface area contributed by atoms with Crippen LogP contribution < -0.4 is 0 Å². The molecule has 1 atom stereocenters. The Hall–Kier alpha value is -1.84. The molecule has 0 aliphatic carbocycles. The largest absolute Gasteiger partial charge is 0.454 e. The number of ether oxygens (including phenoxy) is 1. The fourth-order valence-electron chi connectivity index (χ4n) is 2.51. The molecule has 0 saturated carbocycles. The Morgan fingerprint density at radius 2 is 1.79 bits per heavy atom. The van der Waals surface area contributed by atoms with Gasteiger partial charge in [-0.1, -0.05) is 35.9 Å². The molecule has 0 aliphatic heterocycles. The molecule has 0 radical (unpaired) electrons. The number of hydrogen-bond acceptors (Lipinski definition) is 3. The lowest BCUT2D eigenvalue weighted by Gasteiger charge is -2.21. The van der Waals surface area contributed by atoms with Crippen molar-refractivity contribution >= 4 is 17.6 Å². The minimum absolute atomic E-state index is 0.282. The Morgan fingerprint density at radius 3 is 2.42 bits per heavy atom. The second-order valence-electron chi connectivity index (χ2n) is 6.28. The number of hydrogen-bond donors (Lipinski definition) is 0. The summed E-state index contributed by atoms with van der Waals surface area (Å²) in [6.45, 7) is 4.77. The second kappa shape index (κ2) is 8.32. The van der Waals surface area contributed by atoms with Crippen LogP contribution in [0, 0.1) is 13.8 Å². The molecule has 128 valence electrons. The molecule has 4 heteroatoms. The molecule has 0 saturated heterocycles. The summed E-state index contributed by atoms with van der Waals surface area (Å²) >= 11 is 5.97. The third-order valence-electron chi connectivity index (χ3n) is 4.15. The average molecular weight is 346 g/mol. The molecule has 3 nitrogen and oxygen atoms in total. The Labute approximate surface area is 149 Å². The van der Waals surface area contributed by atoms with E-state index in [0.29, 0.717) is 10.6 Å². The van der Waals surface area contributed by atoms with Crippen LogP contribution in [0.4, 0.5) is 0 Å². The van der Waals surface area contributed by atoms with Crippen LogP contribution in [-0.4, -0.2) is 31.5 Å². The van der Waals surface area contributed by atoms with Gasteiger partial charge in [-0.05, 0) is 62.8 Å². The summed E-state index contributed by atoms with van der Waals surface area (Å²) in [6, 6.07) is 13.2. The third kappa shape index (κ3) is 4.83. The van der Waals surface area contributed by atoms with Gasteiger partial charge < -0.3 is 9.64 Å². The second-order valence-corrected chi connectivity index (χ2v) is 6.72. The molecule has 0 aromatic heterocycles. The summed E-state index contributed by atoms with van der Waals surface area (Å²) in [5.41, 5.74) is 3.63. The molecule has 24 heavy (non-hydrogen) atoms. The zero-order chi connectivity index (χ0) is 17.7. The highest BCUT2D eigenvalue weighted by molar-refractivity contribution is 6.30. The number of rotatable bonds is 6. The Morgan fingerprint density at radius 1 is 1.12 bits per heavy atom. The van der Waals surface area contributed by atoms with Gasteiger partial charge in [0.1, 0.15) is 6.10 Å². The van der Waals surface area contributed by atoms with Gasteiger partial charge in [-0.3, -0.25) is 0 Å². The van der Waals surface area contributed by atoms with E-state index in [1.165, 1.54) is 0 Å². The van der Waals surface area contributed by atoms with Gasteiger partial charge in [0.15, 0.2) is 0 Å². The van der Waals surface area contributed by atoms with Crippen LogP contribution in [0.15, 0.2) is 42.5 Å². The molecule has 0 unspecified atom stereocenters. The first kappa shape index (κ1) is 18.5. The summed E-state index contributed by atoms with van der Waals surface area (Å²) < 4.78 is 5.84. The quantitative estimate of drug-likeness (QED) is 0.704. The number of aryl methyl sites for hydroxylation is 1. The summed E-state index contributed by atoms with van der Waals surface area (Å²) in [4.78, 5) is 14.7. The van der Waals surface area contributed by atoms with E-state index in [4.69, 9.17) is 16.3 Å². The van der Waals surface area contributed by atoms with Crippen molar-refractivity contribution in [1.29, 1.82) is 0 Å². The van der Waals surface area contributed by atoms with Crippen molar-refractivity contribution < 1.29 is 9.53 Å². The molecule has 2 aromatic rings. The molecule has 0 spiro atoms. The normalized spacial score (nSPS) is 12.2. The standard InChI is InChI=1S/C20H24ClNO2/c1-14-6-5-7-18(15(14)2)20(23)24-19(12-13-22(3)4)16-8-10-17(21)11-9-16/h5-11,19H,12-13H2,1-4H3/t19-/m1/s1. The SMILES string of the molecule is Cc1cccc(C(=O)O[C@H](CCN(C)C)c2ccc(Cl)cc2)c1C. The molecule has 0 fully saturated rings. The van der Waals surface area contributed by atoms with Gasteiger partial charge in [-0.25, -0.2) is 4.79 Å². The van der Waals surface area contributed by atoms with E-state index in [0.717, 1.165) is 29.7 Å². The molecular formula is C20H24ClNO2. The minimum atomic E-state index is -0.294. The molecule has 0 heterocycles. The summed E-state index contributed by atoms with van der Waals surface area (Å²) in [5, 5.41) is 0.672. The molecule has 0 N–H and O–H groups in total. The number of halogens is 1. The number of nitrogens with zero attached hydrogens (tertiary/aromatic N) is 1. The van der Waals surface area contributed by atoms with Crippen molar-refractivity contribution in [2.24, 2.45) is 0 Å². The van der Waals surface area contributed by atoms with Crippen molar-refractivity contribution in [2.45, 2.75) is 26.4 Å². The van der Waals surface area contributed by atoms with Crippen LogP contribution in [0.5, 0.6) is 0 Å². The highest BCUT2D eigenvalue weighted by Crippen LogP contribution is 2.25. The van der Waals surface area contributed by atoms with Gasteiger partial charge in [-0.2, -0.15) is 0 Å². The average Bonchev–Trinajstić information content (AvgIpc) is 2.54. The van der Waals surface area contributed by atoms with Gasteiger partial charge in [0.05, 0.1) is 5.56 Å². The first-order valence-corrected chi connectivity index (χ1v) is 8.43. The van der Waals surface area contributed by atoms with Crippen LogP contribution >= 0.6 is 11.6 Å². The number of esters is 1. The first-order chi connectivity index (χ1) is 11.4. The lowest BCUT2D eigenvalue weighted by molar-refractivity contribution is 0.0260. The van der Waals surface area contributed by atoms with Crippen LogP contribution in [0.2, 0.25) is 5.02 Å². The van der Waals surface area contributed by atoms with Crippen molar-refractivity contribution in [3.05, 3.63) is 69.7 Å². The number of benzene rings is 2. The van der Waals surface area contributed by atoms with Crippen LogP contribution in [0.3, 0.4) is 0 Å². The summed E-state index contributed by atoms with van der Waals surface area (Å²) in [7, 11) is 4.01. The van der Waals surface area contributed by atoms with Crippen LogP contribution in [0.25, 0.3) is 0 Å². The van der Waals surface area contributed by atoms with Gasteiger partial charge in [0, 0.05) is 18.0 Å². The van der Waals surface area contributed by atoms with E-state index < -0.39 is 0 Å². The zero-order valence-electron chi connectivity index (χ0n) is 14.7. The van der Waals surface area contributed by atoms with Crippen molar-refractivity contribution in [3.63, 3.8) is 0 Å². The zero-order valence-corrected chi connectivity index (χ0v) is 15.4. The van der Waals surface area contributed by atoms with Gasteiger partial charge >= 0.3 is 5.97 Å². The van der Waals surface area contributed by atoms with Crippen LogP contribution in [0.1, 0.15) is 39.6 Å². The summed E-state index contributed by atoms with van der Waals surface area (Å²) in [5.74, 6) is -0.282. The van der Waals surface area contributed by atoms with E-state index >= 15 is 0 Å². The van der Waals surface area contributed by atoms with Gasteiger partial charge in [-0.15, -0.1) is 0 Å². The number of carbonyl (C=O) groups is 1. The fraction of sp³-hybridized carbons (Fsp3) is 0.350. The lowest BCUT2D eigenvalue weighted by atomic mass is 10.0. The van der Waals surface area contributed by atoms with E-state index in [2.05, 4.69) is 4.90 Å². The molecule has 0 aliphatic rings. The van der Waals surface area contributed by atoms with Crippen molar-refractivity contribution in [3.8, 4) is 0 Å². The molecule has 2 aromatic carbocycles. The maximum atomic E-state index is 12.7. The van der Waals surface area contributed by atoms with E-state index in [1.54, 1.807) is 0 Å². The molecular weight excluding hydrogens is 322 g/mol. The van der Waals surface area contributed by atoms with E-state index in [9.17, 15) is 4.79 Å². The predicted octanol–water partition coefficient (Wildman–Crippen LogP) is 4.81. The topological polar surface area (TPSA) is 29.5 Å². The fourth-order valence-corrected chi connectivity index (χ4v) is 2.64. The first-order valence-electron chi connectivity index (χ1n) is 8.06. The maximum absolute atomic E-state index is 12.7. The predicted molar refractivity (Wildman–Crippen MR) is 98.7 cm³/mol. The molecule has 0 amide bonds.